The third-order valence-corrected chi connectivity index (χ3v) is 10.1. The molecule has 0 radical (unpaired) electrons. The van der Waals surface area contributed by atoms with Crippen molar-refractivity contribution in [3.63, 3.8) is 0 Å². The zero-order chi connectivity index (χ0) is 33.0. The molecule has 0 N–H and O–H groups in total. The van der Waals surface area contributed by atoms with Crippen LogP contribution in [0.2, 0.25) is 0 Å². The van der Waals surface area contributed by atoms with Crippen LogP contribution in [0.15, 0.2) is 170 Å². The molecule has 1 heterocycles. The van der Waals surface area contributed by atoms with E-state index in [0.29, 0.717) is 0 Å². The summed E-state index contributed by atoms with van der Waals surface area (Å²) in [7, 11) is 0. The Hall–Kier alpha value is -6.12. The van der Waals surface area contributed by atoms with E-state index in [1.807, 2.05) is 0 Å². The summed E-state index contributed by atoms with van der Waals surface area (Å²) >= 11 is 0. The van der Waals surface area contributed by atoms with Gasteiger partial charge in [0.05, 0.1) is 11.0 Å². The van der Waals surface area contributed by atoms with E-state index < -0.39 is 0 Å². The predicted octanol–water partition coefficient (Wildman–Crippen LogP) is 12.7. The Morgan fingerprint density at radius 2 is 1.04 bits per heavy atom. The van der Waals surface area contributed by atoms with Crippen LogP contribution in [0.25, 0.3) is 50.8 Å². The van der Waals surface area contributed by atoms with Crippen molar-refractivity contribution < 1.29 is 0 Å². The number of fused-ring (bicyclic) bond motifs is 7. The fourth-order valence-electron chi connectivity index (χ4n) is 7.84. The van der Waals surface area contributed by atoms with Gasteiger partial charge in [-0.25, -0.2) is 0 Å². The number of hydrogen-bond donors (Lipinski definition) is 0. The minimum absolute atomic E-state index is 0.172. The largest absolute Gasteiger partial charge is 0.311 e. The first-order chi connectivity index (χ1) is 24.1. The van der Waals surface area contributed by atoms with Gasteiger partial charge in [-0.1, -0.05) is 141 Å². The number of para-hydroxylation sites is 4. The highest BCUT2D eigenvalue weighted by Crippen LogP contribution is 2.53. The van der Waals surface area contributed by atoms with Crippen LogP contribution in [0.4, 0.5) is 17.1 Å². The molecular formula is C47H36N2. The zero-order valence-electron chi connectivity index (χ0n) is 27.7. The summed E-state index contributed by atoms with van der Waals surface area (Å²) in [4.78, 5) is 2.29. The molecule has 7 aromatic carbocycles. The molecular weight excluding hydrogens is 593 g/mol. The van der Waals surface area contributed by atoms with Crippen LogP contribution in [-0.4, -0.2) is 4.57 Å². The van der Waals surface area contributed by atoms with Gasteiger partial charge in [0, 0.05) is 38.9 Å². The normalized spacial score (nSPS) is 13.2. The van der Waals surface area contributed by atoms with Crippen LogP contribution in [0, 0.1) is 0 Å². The van der Waals surface area contributed by atoms with Crippen LogP contribution >= 0.6 is 0 Å². The second kappa shape index (κ2) is 11.5. The zero-order valence-corrected chi connectivity index (χ0v) is 27.7. The predicted molar refractivity (Wildman–Crippen MR) is 208 cm³/mol. The maximum Gasteiger partial charge on any atom is 0.0588 e. The van der Waals surface area contributed by atoms with Crippen molar-refractivity contribution in [2.45, 2.75) is 19.3 Å². The second-order valence-corrected chi connectivity index (χ2v) is 13.4. The maximum atomic E-state index is 2.47. The number of anilines is 3. The average Bonchev–Trinajstić information content (AvgIpc) is 3.61. The monoisotopic (exact) mass is 628 g/mol. The van der Waals surface area contributed by atoms with Crippen molar-refractivity contribution in [1.29, 1.82) is 0 Å². The lowest BCUT2D eigenvalue weighted by Gasteiger charge is -2.25. The molecule has 0 aliphatic heterocycles. The summed E-state index contributed by atoms with van der Waals surface area (Å²) in [6.45, 7) is 4.78. The van der Waals surface area contributed by atoms with Gasteiger partial charge in [0.25, 0.3) is 0 Å². The Morgan fingerprint density at radius 1 is 0.490 bits per heavy atom. The van der Waals surface area contributed by atoms with Crippen molar-refractivity contribution in [3.8, 4) is 16.8 Å². The highest BCUT2D eigenvalue weighted by molar-refractivity contribution is 6.13. The topological polar surface area (TPSA) is 8.17 Å². The lowest BCUT2D eigenvalue weighted by molar-refractivity contribution is 0.663. The first kappa shape index (κ1) is 29.1. The summed E-state index contributed by atoms with van der Waals surface area (Å²) in [5.41, 5.74) is 14.8. The molecule has 0 saturated carbocycles. The van der Waals surface area contributed by atoms with Gasteiger partial charge in [0.15, 0.2) is 0 Å². The molecule has 0 amide bonds. The molecule has 0 atom stereocenters. The van der Waals surface area contributed by atoms with Crippen molar-refractivity contribution in [2.75, 3.05) is 4.90 Å². The molecule has 1 aliphatic rings. The van der Waals surface area contributed by atoms with Gasteiger partial charge in [-0.15, -0.1) is 0 Å². The molecule has 2 nitrogen and oxygen atoms in total. The molecule has 0 bridgehead atoms. The summed E-state index contributed by atoms with van der Waals surface area (Å²) in [5, 5.41) is 2.60. The summed E-state index contributed by atoms with van der Waals surface area (Å²) in [6, 6.07) is 61.2. The van der Waals surface area contributed by atoms with Gasteiger partial charge in [0.1, 0.15) is 0 Å². The standard InChI is InChI=1S/C47H36N2/c1-47(2)43-32-34(23-22-33-24-27-38(28-25-33)48(35-14-6-3-7-15-35)36-16-8-4-9-17-36)26-29-39(43)41-30-31-42-40-20-12-13-21-44(40)49(46(42)45(41)47)37-18-10-5-11-19-37/h3-32H,1-2H3/b23-22+. The first-order valence-electron chi connectivity index (χ1n) is 17.0. The van der Waals surface area contributed by atoms with E-state index in [0.717, 1.165) is 17.1 Å². The molecule has 9 rings (SSSR count). The van der Waals surface area contributed by atoms with Gasteiger partial charge < -0.3 is 9.47 Å². The van der Waals surface area contributed by atoms with E-state index >= 15 is 0 Å². The van der Waals surface area contributed by atoms with E-state index in [2.05, 4.69) is 205 Å². The Balaban J connectivity index is 1.08. The lowest BCUT2D eigenvalue weighted by atomic mass is 9.81. The van der Waals surface area contributed by atoms with Crippen LogP contribution < -0.4 is 4.90 Å². The molecule has 0 unspecified atom stereocenters. The van der Waals surface area contributed by atoms with Crippen molar-refractivity contribution in [3.05, 3.63) is 192 Å². The molecule has 234 valence electrons. The Labute approximate surface area is 287 Å². The SMILES string of the molecule is CC1(C)c2cc(/C=C/c3ccc(N(c4ccccc4)c4ccccc4)cc3)ccc2-c2ccc3c4ccccc4n(-c4ccccc4)c3c21. The fourth-order valence-corrected chi connectivity index (χ4v) is 7.84. The summed E-state index contributed by atoms with van der Waals surface area (Å²) in [5.74, 6) is 0. The quantitative estimate of drug-likeness (QED) is 0.166. The molecule has 0 saturated heterocycles. The van der Waals surface area contributed by atoms with Crippen LogP contribution in [0.5, 0.6) is 0 Å². The van der Waals surface area contributed by atoms with Crippen molar-refractivity contribution in [1.82, 2.24) is 4.57 Å². The average molecular weight is 629 g/mol. The molecule has 0 spiro atoms. The summed E-state index contributed by atoms with van der Waals surface area (Å²) < 4.78 is 2.47. The van der Waals surface area contributed by atoms with Crippen molar-refractivity contribution >= 4 is 51.0 Å². The van der Waals surface area contributed by atoms with E-state index in [1.165, 1.54) is 60.9 Å². The number of nitrogens with zero attached hydrogens (tertiary/aromatic N) is 2. The summed E-state index contributed by atoms with van der Waals surface area (Å²) in [6.07, 6.45) is 4.47. The minimum Gasteiger partial charge on any atom is -0.311 e. The molecule has 1 aromatic heterocycles. The van der Waals surface area contributed by atoms with E-state index in [-0.39, 0.29) is 5.41 Å². The van der Waals surface area contributed by atoms with Gasteiger partial charge in [0.2, 0.25) is 0 Å². The molecule has 2 heteroatoms. The Kier molecular flexibility index (Phi) is 6.84. The van der Waals surface area contributed by atoms with E-state index in [4.69, 9.17) is 0 Å². The second-order valence-electron chi connectivity index (χ2n) is 13.4. The third kappa shape index (κ3) is 4.79. The highest BCUT2D eigenvalue weighted by Gasteiger charge is 2.38. The third-order valence-electron chi connectivity index (χ3n) is 10.1. The maximum absolute atomic E-state index is 2.47. The molecule has 8 aromatic rings. The molecule has 1 aliphatic carbocycles. The Morgan fingerprint density at radius 3 is 1.73 bits per heavy atom. The van der Waals surface area contributed by atoms with Gasteiger partial charge >= 0.3 is 0 Å². The van der Waals surface area contributed by atoms with Gasteiger partial charge in [-0.3, -0.25) is 0 Å². The molecule has 49 heavy (non-hydrogen) atoms. The highest BCUT2D eigenvalue weighted by atomic mass is 15.1. The number of aromatic nitrogens is 1. The van der Waals surface area contributed by atoms with Crippen LogP contribution in [0.1, 0.15) is 36.1 Å². The number of hydrogen-bond acceptors (Lipinski definition) is 1. The van der Waals surface area contributed by atoms with Crippen LogP contribution in [0.3, 0.4) is 0 Å². The smallest absolute Gasteiger partial charge is 0.0588 e. The van der Waals surface area contributed by atoms with E-state index in [9.17, 15) is 0 Å². The first-order valence-corrected chi connectivity index (χ1v) is 17.0. The lowest BCUT2D eigenvalue weighted by Crippen LogP contribution is -2.16. The number of benzene rings is 7. The number of rotatable bonds is 6. The van der Waals surface area contributed by atoms with Crippen molar-refractivity contribution in [2.24, 2.45) is 0 Å². The van der Waals surface area contributed by atoms with Crippen LogP contribution in [-0.2, 0) is 5.41 Å². The molecule has 0 fully saturated rings. The van der Waals surface area contributed by atoms with Gasteiger partial charge in [-0.05, 0) is 88.0 Å². The van der Waals surface area contributed by atoms with E-state index in [1.54, 1.807) is 0 Å². The van der Waals surface area contributed by atoms with Gasteiger partial charge in [-0.2, -0.15) is 0 Å². The Bertz CT molecular complexity index is 2450. The fraction of sp³-hybridized carbons (Fsp3) is 0.0638. The minimum atomic E-state index is -0.172.